The number of nitrogens with one attached hydrogen (secondary N) is 1. The number of hydrogen-bond acceptors (Lipinski definition) is 3. The van der Waals surface area contributed by atoms with Crippen LogP contribution in [0.2, 0.25) is 5.02 Å². The van der Waals surface area contributed by atoms with Crippen LogP contribution in [0.15, 0.2) is 29.4 Å². The van der Waals surface area contributed by atoms with Gasteiger partial charge >= 0.3 is 0 Å². The van der Waals surface area contributed by atoms with Gasteiger partial charge in [-0.05, 0) is 25.1 Å². The fraction of sp³-hybridized carbons (Fsp3) is 0.182. The third-order valence-electron chi connectivity index (χ3n) is 2.02. The first-order valence-corrected chi connectivity index (χ1v) is 5.23. The molecule has 0 radical (unpaired) electrons. The molecule has 0 spiro atoms. The Balaban J connectivity index is 3.19. The third kappa shape index (κ3) is 2.98. The summed E-state index contributed by atoms with van der Waals surface area (Å²) in [4.78, 5) is 0. The highest BCUT2D eigenvalue weighted by molar-refractivity contribution is 6.30. The first-order valence-electron chi connectivity index (χ1n) is 4.85. The molecule has 3 N–H and O–H groups in total. The number of hydrogen-bond donors (Lipinski definition) is 2. The Morgan fingerprint density at radius 3 is 2.81 bits per heavy atom. The molecule has 0 heterocycles. The minimum Gasteiger partial charge on any atom is -0.322 e. The average Bonchev–Trinajstić information content (AvgIpc) is 2.27. The lowest BCUT2D eigenvalue weighted by Gasteiger charge is -2.19. The van der Waals surface area contributed by atoms with Gasteiger partial charge in [0.1, 0.15) is 6.34 Å². The third-order valence-corrected chi connectivity index (χ3v) is 2.25. The normalized spacial score (nSPS) is 11.4. The average molecular weight is 239 g/mol. The van der Waals surface area contributed by atoms with Crippen LogP contribution in [0.4, 0.5) is 5.69 Å². The van der Waals surface area contributed by atoms with E-state index >= 15 is 0 Å². The summed E-state index contributed by atoms with van der Waals surface area (Å²) in [7, 11) is 1.79. The molecular formula is C11H15ClN4. The summed E-state index contributed by atoms with van der Waals surface area (Å²) in [5.74, 6) is 5.14. The van der Waals surface area contributed by atoms with Gasteiger partial charge in [-0.15, -0.1) is 0 Å². The number of anilines is 1. The monoisotopic (exact) mass is 238 g/mol. The predicted octanol–water partition coefficient (Wildman–Crippen LogP) is 2.22. The van der Waals surface area contributed by atoms with Gasteiger partial charge in [-0.3, -0.25) is 5.01 Å². The highest BCUT2D eigenvalue weighted by atomic mass is 35.5. The Labute approximate surface area is 100 Å². The molecule has 0 aliphatic heterocycles. The molecule has 0 atom stereocenters. The number of allylic oxidation sites excluding steroid dienone is 1. The molecule has 0 aromatic heterocycles. The lowest BCUT2D eigenvalue weighted by molar-refractivity contribution is 0.865. The first-order chi connectivity index (χ1) is 7.72. The molecule has 0 amide bonds. The van der Waals surface area contributed by atoms with E-state index in [0.29, 0.717) is 5.02 Å². The summed E-state index contributed by atoms with van der Waals surface area (Å²) in [6, 6.07) is 5.60. The van der Waals surface area contributed by atoms with Gasteiger partial charge in [-0.2, -0.15) is 5.10 Å². The van der Waals surface area contributed by atoms with Crippen LogP contribution in [0.5, 0.6) is 0 Å². The highest BCUT2D eigenvalue weighted by Crippen LogP contribution is 2.24. The van der Waals surface area contributed by atoms with Gasteiger partial charge < -0.3 is 5.84 Å². The largest absolute Gasteiger partial charge is 0.322 e. The summed E-state index contributed by atoms with van der Waals surface area (Å²) >= 11 is 5.95. The Bertz CT molecular complexity index is 401. The van der Waals surface area contributed by atoms with Crippen molar-refractivity contribution in [2.24, 2.45) is 10.9 Å². The Morgan fingerprint density at radius 2 is 2.25 bits per heavy atom. The molecule has 1 rings (SSSR count). The van der Waals surface area contributed by atoms with E-state index in [-0.39, 0.29) is 0 Å². The topological polar surface area (TPSA) is 53.6 Å². The number of benzene rings is 1. The number of rotatable bonds is 4. The van der Waals surface area contributed by atoms with Crippen molar-refractivity contribution < 1.29 is 0 Å². The van der Waals surface area contributed by atoms with E-state index in [2.05, 4.69) is 10.5 Å². The van der Waals surface area contributed by atoms with Crippen molar-refractivity contribution in [3.8, 4) is 0 Å². The lowest BCUT2D eigenvalue weighted by Crippen LogP contribution is -2.34. The standard InChI is InChI=1S/C11H15ClN4/c1-3-4-9-7-10(12)5-6-11(9)16(14-2)8-15-13/h3-8,14H,13H2,1-2H3/b4-3+,15-8-. The zero-order valence-electron chi connectivity index (χ0n) is 9.31. The minimum atomic E-state index is 0.692. The fourth-order valence-corrected chi connectivity index (χ4v) is 1.55. The summed E-state index contributed by atoms with van der Waals surface area (Å²) < 4.78 is 0. The maximum Gasteiger partial charge on any atom is 0.129 e. The van der Waals surface area contributed by atoms with Gasteiger partial charge in [0, 0.05) is 17.6 Å². The Kier molecular flexibility index (Phi) is 4.82. The van der Waals surface area contributed by atoms with Crippen LogP contribution in [-0.4, -0.2) is 13.4 Å². The Hall–Kier alpha value is -1.52. The fourth-order valence-electron chi connectivity index (χ4n) is 1.36. The van der Waals surface area contributed by atoms with Crippen molar-refractivity contribution in [1.82, 2.24) is 5.43 Å². The van der Waals surface area contributed by atoms with Gasteiger partial charge in [0.15, 0.2) is 0 Å². The quantitative estimate of drug-likeness (QED) is 0.366. The second-order valence-corrected chi connectivity index (χ2v) is 3.50. The smallest absolute Gasteiger partial charge is 0.129 e. The SMILES string of the molecule is C/C=C/c1cc(Cl)ccc1N(/C=N\N)NC. The van der Waals surface area contributed by atoms with Crippen LogP contribution in [0.1, 0.15) is 12.5 Å². The molecular weight excluding hydrogens is 224 g/mol. The molecule has 0 aliphatic rings. The molecule has 1 aromatic rings. The van der Waals surface area contributed by atoms with Gasteiger partial charge in [0.2, 0.25) is 0 Å². The van der Waals surface area contributed by atoms with Gasteiger partial charge in [-0.1, -0.05) is 23.8 Å². The predicted molar refractivity (Wildman–Crippen MR) is 70.4 cm³/mol. The molecule has 5 heteroatoms. The van der Waals surface area contributed by atoms with E-state index in [1.165, 1.54) is 6.34 Å². The van der Waals surface area contributed by atoms with Crippen molar-refractivity contribution in [2.45, 2.75) is 6.92 Å². The zero-order valence-corrected chi connectivity index (χ0v) is 10.1. The van der Waals surface area contributed by atoms with Gasteiger partial charge in [0.25, 0.3) is 0 Å². The molecule has 16 heavy (non-hydrogen) atoms. The van der Waals surface area contributed by atoms with Crippen LogP contribution in [0.3, 0.4) is 0 Å². The van der Waals surface area contributed by atoms with E-state index in [0.717, 1.165) is 11.3 Å². The highest BCUT2D eigenvalue weighted by Gasteiger charge is 2.06. The number of nitrogens with zero attached hydrogens (tertiary/aromatic N) is 2. The minimum absolute atomic E-state index is 0.692. The van der Waals surface area contributed by atoms with E-state index in [1.54, 1.807) is 12.1 Å². The molecule has 1 aromatic carbocycles. The van der Waals surface area contributed by atoms with E-state index < -0.39 is 0 Å². The zero-order chi connectivity index (χ0) is 12.0. The molecule has 86 valence electrons. The van der Waals surface area contributed by atoms with Crippen molar-refractivity contribution >= 4 is 29.7 Å². The molecule has 0 fully saturated rings. The molecule has 0 saturated heterocycles. The number of nitrogens with two attached hydrogens (primary N) is 1. The van der Waals surface area contributed by atoms with E-state index in [1.807, 2.05) is 37.3 Å². The van der Waals surface area contributed by atoms with Crippen molar-refractivity contribution in [3.63, 3.8) is 0 Å². The van der Waals surface area contributed by atoms with Crippen molar-refractivity contribution in [2.75, 3.05) is 12.1 Å². The maximum absolute atomic E-state index is 5.95. The molecule has 0 aliphatic carbocycles. The first kappa shape index (κ1) is 12.5. The van der Waals surface area contributed by atoms with E-state index in [9.17, 15) is 0 Å². The summed E-state index contributed by atoms with van der Waals surface area (Å²) in [6.07, 6.45) is 5.41. The summed E-state index contributed by atoms with van der Waals surface area (Å²) in [5.41, 5.74) is 4.88. The van der Waals surface area contributed by atoms with Gasteiger partial charge in [-0.25, -0.2) is 5.43 Å². The second-order valence-electron chi connectivity index (χ2n) is 3.06. The second kappa shape index (κ2) is 6.15. The van der Waals surface area contributed by atoms with Gasteiger partial charge in [0.05, 0.1) is 5.69 Å². The van der Waals surface area contributed by atoms with Crippen molar-refractivity contribution in [3.05, 3.63) is 34.9 Å². The molecule has 0 bridgehead atoms. The van der Waals surface area contributed by atoms with Crippen LogP contribution < -0.4 is 16.3 Å². The Morgan fingerprint density at radius 1 is 1.50 bits per heavy atom. The van der Waals surface area contributed by atoms with Crippen LogP contribution in [-0.2, 0) is 0 Å². The van der Waals surface area contributed by atoms with Crippen LogP contribution in [0.25, 0.3) is 6.08 Å². The number of hydrazone groups is 1. The molecule has 4 nitrogen and oxygen atoms in total. The van der Waals surface area contributed by atoms with E-state index in [4.69, 9.17) is 17.4 Å². The molecule has 0 unspecified atom stereocenters. The van der Waals surface area contributed by atoms with Crippen LogP contribution >= 0.6 is 11.6 Å². The lowest BCUT2D eigenvalue weighted by atomic mass is 10.1. The summed E-state index contributed by atoms with van der Waals surface area (Å²) in [5, 5.41) is 5.89. The molecule has 0 saturated carbocycles. The maximum atomic E-state index is 5.95. The summed E-state index contributed by atoms with van der Waals surface area (Å²) in [6.45, 7) is 1.95. The van der Waals surface area contributed by atoms with Crippen molar-refractivity contribution in [1.29, 1.82) is 0 Å². The van der Waals surface area contributed by atoms with Crippen LogP contribution in [0, 0.1) is 0 Å². The number of halogens is 1. The number of hydrazine groups is 1.